The molecule has 1 fully saturated rings. The van der Waals surface area contributed by atoms with Crippen LogP contribution in [-0.2, 0) is 0 Å². The third-order valence-corrected chi connectivity index (χ3v) is 2.25. The van der Waals surface area contributed by atoms with Gasteiger partial charge in [-0.1, -0.05) is 0 Å². The predicted octanol–water partition coefficient (Wildman–Crippen LogP) is 1.81. The fraction of sp³-hybridized carbons (Fsp3) is 0.778. The zero-order chi connectivity index (χ0) is 9.19. The molecule has 0 radical (unpaired) electrons. The summed E-state index contributed by atoms with van der Waals surface area (Å²) in [4.78, 5) is 0. The zero-order valence-corrected chi connectivity index (χ0v) is 6.76. The van der Waals surface area contributed by atoms with Gasteiger partial charge in [0.1, 0.15) is 0 Å². The van der Waals surface area contributed by atoms with Crippen molar-refractivity contribution in [3.8, 4) is 12.3 Å². The van der Waals surface area contributed by atoms with E-state index in [9.17, 15) is 13.9 Å². The summed E-state index contributed by atoms with van der Waals surface area (Å²) in [5, 5.41) is 9.30. The minimum absolute atomic E-state index is 0.182. The maximum absolute atomic E-state index is 12.3. The zero-order valence-electron chi connectivity index (χ0n) is 6.76. The van der Waals surface area contributed by atoms with E-state index in [1.807, 2.05) is 0 Å². The molecule has 1 N–H and O–H groups in total. The first-order chi connectivity index (χ1) is 5.55. The quantitative estimate of drug-likeness (QED) is 0.647. The van der Waals surface area contributed by atoms with Crippen molar-refractivity contribution >= 4 is 0 Å². The number of alkyl halides is 2. The van der Waals surface area contributed by atoms with Crippen molar-refractivity contribution < 1.29 is 13.9 Å². The van der Waals surface area contributed by atoms with Gasteiger partial charge in [-0.3, -0.25) is 0 Å². The van der Waals surface area contributed by atoms with Gasteiger partial charge in [0, 0.05) is 19.3 Å². The van der Waals surface area contributed by atoms with E-state index in [1.54, 1.807) is 0 Å². The predicted molar refractivity (Wildman–Crippen MR) is 41.7 cm³/mol. The summed E-state index contributed by atoms with van der Waals surface area (Å²) < 4.78 is 24.6. The Hall–Kier alpha value is -0.620. The normalized spacial score (nSPS) is 24.2. The van der Waals surface area contributed by atoms with Crippen LogP contribution in [0.5, 0.6) is 0 Å². The summed E-state index contributed by atoms with van der Waals surface area (Å²) in [6, 6.07) is 0. The molecule has 1 atom stereocenters. The Morgan fingerprint density at radius 2 is 2.17 bits per heavy atom. The number of aliphatic hydroxyl groups is 1. The van der Waals surface area contributed by atoms with Crippen molar-refractivity contribution in [2.45, 2.75) is 37.7 Å². The summed E-state index contributed by atoms with van der Waals surface area (Å²) in [5.41, 5.74) is 0. The third kappa shape index (κ3) is 2.18. The molecule has 1 aliphatic carbocycles. The highest BCUT2D eigenvalue weighted by atomic mass is 19.3. The molecule has 0 amide bonds. The molecule has 0 saturated heterocycles. The van der Waals surface area contributed by atoms with Crippen molar-refractivity contribution in [2.24, 2.45) is 5.92 Å². The number of hydrogen-bond donors (Lipinski definition) is 1. The largest absolute Gasteiger partial charge is 0.393 e. The van der Waals surface area contributed by atoms with Gasteiger partial charge >= 0.3 is 0 Å². The van der Waals surface area contributed by atoms with Gasteiger partial charge in [0.05, 0.1) is 6.10 Å². The third-order valence-electron chi connectivity index (χ3n) is 2.25. The summed E-state index contributed by atoms with van der Waals surface area (Å²) in [5.74, 6) is -0.407. The Kier molecular flexibility index (Phi) is 2.69. The van der Waals surface area contributed by atoms with E-state index in [0.29, 0.717) is 12.8 Å². The molecule has 0 aliphatic heterocycles. The number of rotatable bonds is 3. The van der Waals surface area contributed by atoms with Crippen LogP contribution < -0.4 is 0 Å². The molecule has 0 spiro atoms. The lowest BCUT2D eigenvalue weighted by molar-refractivity contribution is -0.141. The topological polar surface area (TPSA) is 20.2 Å². The standard InChI is InChI=1S/C9H12F2O/c1-2-3-4-8(12)7-5-9(10,11)6-7/h1,7-8,12H,3-6H2. The van der Waals surface area contributed by atoms with Gasteiger partial charge in [-0.15, -0.1) is 12.3 Å². The van der Waals surface area contributed by atoms with Gasteiger partial charge in [-0.25, -0.2) is 8.78 Å². The number of terminal acetylenes is 1. The lowest BCUT2D eigenvalue weighted by atomic mass is 9.76. The first-order valence-corrected chi connectivity index (χ1v) is 4.04. The van der Waals surface area contributed by atoms with Crippen LogP contribution in [-0.4, -0.2) is 17.1 Å². The van der Waals surface area contributed by atoms with Crippen molar-refractivity contribution in [3.63, 3.8) is 0 Å². The second-order valence-corrected chi connectivity index (χ2v) is 3.33. The van der Waals surface area contributed by atoms with Crippen LogP contribution in [0.25, 0.3) is 0 Å². The van der Waals surface area contributed by atoms with E-state index >= 15 is 0 Å². The SMILES string of the molecule is C#CCCC(O)C1CC(F)(F)C1. The monoisotopic (exact) mass is 174 g/mol. The highest BCUT2D eigenvalue weighted by molar-refractivity contribution is 4.92. The van der Waals surface area contributed by atoms with Crippen LogP contribution in [0.2, 0.25) is 0 Å². The average Bonchev–Trinajstić information content (AvgIpc) is 1.95. The molecule has 1 rings (SSSR count). The van der Waals surface area contributed by atoms with E-state index in [4.69, 9.17) is 6.42 Å². The fourth-order valence-electron chi connectivity index (χ4n) is 1.45. The first-order valence-electron chi connectivity index (χ1n) is 4.04. The second kappa shape index (κ2) is 3.40. The molecule has 1 saturated carbocycles. The van der Waals surface area contributed by atoms with E-state index < -0.39 is 12.0 Å². The van der Waals surface area contributed by atoms with Crippen LogP contribution in [0.3, 0.4) is 0 Å². The lowest BCUT2D eigenvalue weighted by Gasteiger charge is -2.37. The summed E-state index contributed by atoms with van der Waals surface area (Å²) in [7, 11) is 0. The molecule has 68 valence electrons. The number of aliphatic hydroxyl groups excluding tert-OH is 1. The van der Waals surface area contributed by atoms with Crippen LogP contribution in [0, 0.1) is 18.3 Å². The average molecular weight is 174 g/mol. The Morgan fingerprint density at radius 1 is 1.58 bits per heavy atom. The Labute approximate surface area is 70.8 Å². The van der Waals surface area contributed by atoms with E-state index in [2.05, 4.69) is 5.92 Å². The number of hydrogen-bond acceptors (Lipinski definition) is 1. The van der Waals surface area contributed by atoms with Gasteiger partial charge in [-0.05, 0) is 12.3 Å². The van der Waals surface area contributed by atoms with Crippen molar-refractivity contribution in [1.82, 2.24) is 0 Å². The lowest BCUT2D eigenvalue weighted by Crippen LogP contribution is -2.41. The fourth-order valence-corrected chi connectivity index (χ4v) is 1.45. The van der Waals surface area contributed by atoms with Gasteiger partial charge in [-0.2, -0.15) is 0 Å². The molecule has 1 aliphatic rings. The highest BCUT2D eigenvalue weighted by Gasteiger charge is 2.47. The van der Waals surface area contributed by atoms with Crippen LogP contribution in [0.1, 0.15) is 25.7 Å². The van der Waals surface area contributed by atoms with Gasteiger partial charge in [0.2, 0.25) is 5.92 Å². The molecule has 0 aromatic rings. The second-order valence-electron chi connectivity index (χ2n) is 3.33. The molecule has 1 unspecified atom stereocenters. The Morgan fingerprint density at radius 3 is 2.58 bits per heavy atom. The van der Waals surface area contributed by atoms with Crippen molar-refractivity contribution in [3.05, 3.63) is 0 Å². The summed E-state index contributed by atoms with van der Waals surface area (Å²) >= 11 is 0. The molecular weight excluding hydrogens is 162 g/mol. The molecule has 12 heavy (non-hydrogen) atoms. The van der Waals surface area contributed by atoms with Crippen LogP contribution >= 0.6 is 0 Å². The highest BCUT2D eigenvalue weighted by Crippen LogP contribution is 2.44. The minimum atomic E-state index is -2.54. The van der Waals surface area contributed by atoms with E-state index in [-0.39, 0.29) is 18.8 Å². The van der Waals surface area contributed by atoms with Gasteiger partial charge < -0.3 is 5.11 Å². The van der Waals surface area contributed by atoms with Gasteiger partial charge in [0.25, 0.3) is 0 Å². The van der Waals surface area contributed by atoms with Gasteiger partial charge in [0.15, 0.2) is 0 Å². The van der Waals surface area contributed by atoms with E-state index in [0.717, 1.165) is 0 Å². The summed E-state index contributed by atoms with van der Waals surface area (Å²) in [6.45, 7) is 0. The first kappa shape index (κ1) is 9.47. The molecule has 0 aromatic heterocycles. The van der Waals surface area contributed by atoms with Crippen molar-refractivity contribution in [1.29, 1.82) is 0 Å². The Balaban J connectivity index is 2.20. The smallest absolute Gasteiger partial charge is 0.248 e. The summed E-state index contributed by atoms with van der Waals surface area (Å²) in [6.07, 6.45) is 4.88. The maximum Gasteiger partial charge on any atom is 0.248 e. The Bertz CT molecular complexity index is 187. The molecule has 1 nitrogen and oxygen atoms in total. The minimum Gasteiger partial charge on any atom is -0.393 e. The van der Waals surface area contributed by atoms with Crippen LogP contribution in [0.15, 0.2) is 0 Å². The number of halogens is 2. The van der Waals surface area contributed by atoms with Crippen molar-refractivity contribution in [2.75, 3.05) is 0 Å². The maximum atomic E-state index is 12.3. The molecular formula is C9H12F2O. The molecule has 0 aromatic carbocycles. The molecule has 0 bridgehead atoms. The van der Waals surface area contributed by atoms with Crippen LogP contribution in [0.4, 0.5) is 8.78 Å². The molecule has 0 heterocycles. The van der Waals surface area contributed by atoms with E-state index in [1.165, 1.54) is 0 Å². The molecule has 3 heteroatoms.